The zero-order valence-electron chi connectivity index (χ0n) is 9.40. The Bertz CT molecular complexity index is 474. The monoisotopic (exact) mass is 343 g/mol. The third-order valence-electron chi connectivity index (χ3n) is 3.86. The van der Waals surface area contributed by atoms with Gasteiger partial charge in [-0.05, 0) is 66.0 Å². The van der Waals surface area contributed by atoms with Crippen LogP contribution in [0.4, 0.5) is 0 Å². The molecule has 1 saturated heterocycles. The van der Waals surface area contributed by atoms with E-state index in [1.807, 2.05) is 11.0 Å². The molecule has 1 amide bonds. The number of hydrogen-bond donors (Lipinski definition) is 1. The zero-order chi connectivity index (χ0) is 12.0. The topological polar surface area (TPSA) is 40.5 Å². The maximum absolute atomic E-state index is 12.4. The van der Waals surface area contributed by atoms with Gasteiger partial charge in [-0.25, -0.2) is 0 Å². The number of nitrogens with zero attached hydrogens (tertiary/aromatic N) is 1. The van der Waals surface area contributed by atoms with E-state index in [2.05, 4.69) is 22.6 Å². The van der Waals surface area contributed by atoms with Gasteiger partial charge in [0.05, 0.1) is 5.56 Å². The highest BCUT2D eigenvalue weighted by atomic mass is 127. The maximum atomic E-state index is 12.4. The summed E-state index contributed by atoms with van der Waals surface area (Å²) in [4.78, 5) is 14.3. The summed E-state index contributed by atoms with van der Waals surface area (Å²) in [6.07, 6.45) is 3.53. The van der Waals surface area contributed by atoms with Crippen molar-refractivity contribution < 1.29 is 9.90 Å². The molecule has 0 spiro atoms. The molecule has 2 fully saturated rings. The lowest BCUT2D eigenvalue weighted by Gasteiger charge is -2.27. The van der Waals surface area contributed by atoms with Crippen molar-refractivity contribution in [2.75, 3.05) is 6.54 Å². The minimum absolute atomic E-state index is 0.00628. The minimum atomic E-state index is -0.00628. The number of rotatable bonds is 1. The van der Waals surface area contributed by atoms with Gasteiger partial charge in [-0.1, -0.05) is 0 Å². The smallest absolute Gasteiger partial charge is 0.257 e. The van der Waals surface area contributed by atoms with Crippen LogP contribution in [0.1, 0.15) is 29.6 Å². The number of carbonyl (C=O) groups is 1. The van der Waals surface area contributed by atoms with E-state index >= 15 is 0 Å². The lowest BCUT2D eigenvalue weighted by molar-refractivity contribution is 0.0700. The summed E-state index contributed by atoms with van der Waals surface area (Å²) in [6, 6.07) is 5.58. The molecular weight excluding hydrogens is 329 g/mol. The maximum Gasteiger partial charge on any atom is 0.257 e. The molecule has 90 valence electrons. The lowest BCUT2D eigenvalue weighted by atomic mass is 10.1. The van der Waals surface area contributed by atoms with Crippen molar-refractivity contribution in [3.05, 3.63) is 27.3 Å². The molecule has 1 N–H and O–H groups in total. The SMILES string of the molecule is O=C(c1cc(I)ccc1O)N1CC2CCC1C2. The van der Waals surface area contributed by atoms with E-state index in [0.717, 1.165) is 23.0 Å². The number of halogens is 1. The second kappa shape index (κ2) is 4.15. The van der Waals surface area contributed by atoms with Crippen molar-refractivity contribution in [3.8, 4) is 5.75 Å². The first-order valence-corrected chi connectivity index (χ1v) is 7.02. The minimum Gasteiger partial charge on any atom is -0.507 e. The van der Waals surface area contributed by atoms with Crippen molar-refractivity contribution in [2.45, 2.75) is 25.3 Å². The van der Waals surface area contributed by atoms with Gasteiger partial charge in [0.2, 0.25) is 0 Å². The molecule has 0 radical (unpaired) electrons. The molecule has 1 aromatic carbocycles. The summed E-state index contributed by atoms with van der Waals surface area (Å²) in [5, 5.41) is 9.79. The molecule has 1 saturated carbocycles. The van der Waals surface area contributed by atoms with Crippen LogP contribution in [-0.2, 0) is 0 Å². The Morgan fingerprint density at radius 2 is 2.24 bits per heavy atom. The summed E-state index contributed by atoms with van der Waals surface area (Å²) < 4.78 is 0.980. The fourth-order valence-electron chi connectivity index (χ4n) is 3.01. The Morgan fingerprint density at radius 1 is 1.41 bits per heavy atom. The number of piperidine rings is 1. The molecule has 2 atom stereocenters. The van der Waals surface area contributed by atoms with E-state index in [1.165, 1.54) is 6.42 Å². The Kier molecular flexibility index (Phi) is 2.77. The van der Waals surface area contributed by atoms with Crippen molar-refractivity contribution in [1.29, 1.82) is 0 Å². The number of fused-ring (bicyclic) bond motifs is 2. The third kappa shape index (κ3) is 1.92. The largest absolute Gasteiger partial charge is 0.507 e. The second-order valence-corrected chi connectivity index (χ2v) is 6.20. The Hall–Kier alpha value is -0.780. The van der Waals surface area contributed by atoms with Gasteiger partial charge in [-0.15, -0.1) is 0 Å². The molecule has 1 aliphatic carbocycles. The summed E-state index contributed by atoms with van der Waals surface area (Å²) >= 11 is 2.16. The average molecular weight is 343 g/mol. The summed E-state index contributed by atoms with van der Waals surface area (Å²) in [5.41, 5.74) is 0.449. The first-order chi connectivity index (χ1) is 8.15. The predicted octanol–water partition coefficient (Wildman–Crippen LogP) is 2.62. The van der Waals surface area contributed by atoms with Gasteiger partial charge in [0, 0.05) is 16.2 Å². The van der Waals surface area contributed by atoms with Crippen LogP contribution < -0.4 is 0 Å². The normalized spacial score (nSPS) is 26.5. The number of hydrogen-bond acceptors (Lipinski definition) is 2. The fourth-order valence-corrected chi connectivity index (χ4v) is 3.50. The van der Waals surface area contributed by atoms with Gasteiger partial charge >= 0.3 is 0 Å². The molecular formula is C13H14INO2. The van der Waals surface area contributed by atoms with E-state index in [4.69, 9.17) is 0 Å². The summed E-state index contributed by atoms with van der Waals surface area (Å²) in [5.74, 6) is 0.778. The number of phenolic OH excluding ortho intramolecular Hbond substituents is 1. The van der Waals surface area contributed by atoms with Crippen molar-refractivity contribution in [2.24, 2.45) is 5.92 Å². The van der Waals surface area contributed by atoms with Crippen LogP contribution in [0.15, 0.2) is 18.2 Å². The van der Waals surface area contributed by atoms with E-state index in [1.54, 1.807) is 12.1 Å². The highest BCUT2D eigenvalue weighted by Crippen LogP contribution is 2.38. The van der Waals surface area contributed by atoms with Gasteiger partial charge in [0.1, 0.15) is 5.75 Å². The van der Waals surface area contributed by atoms with E-state index in [0.29, 0.717) is 17.5 Å². The number of likely N-dealkylation sites (tertiary alicyclic amines) is 1. The number of amides is 1. The Morgan fingerprint density at radius 3 is 2.88 bits per heavy atom. The Balaban J connectivity index is 1.89. The first-order valence-electron chi connectivity index (χ1n) is 5.94. The van der Waals surface area contributed by atoms with Crippen LogP contribution in [0.3, 0.4) is 0 Å². The van der Waals surface area contributed by atoms with E-state index < -0.39 is 0 Å². The van der Waals surface area contributed by atoms with Crippen molar-refractivity contribution in [3.63, 3.8) is 0 Å². The lowest BCUT2D eigenvalue weighted by Crippen LogP contribution is -2.37. The van der Waals surface area contributed by atoms with Gasteiger partial charge in [0.25, 0.3) is 5.91 Å². The van der Waals surface area contributed by atoms with Gasteiger partial charge < -0.3 is 10.0 Å². The number of benzene rings is 1. The van der Waals surface area contributed by atoms with Crippen molar-refractivity contribution in [1.82, 2.24) is 4.90 Å². The van der Waals surface area contributed by atoms with Crippen LogP contribution in [0.5, 0.6) is 5.75 Å². The van der Waals surface area contributed by atoms with E-state index in [9.17, 15) is 9.90 Å². The molecule has 4 heteroatoms. The fraction of sp³-hybridized carbons (Fsp3) is 0.462. The molecule has 2 bridgehead atoms. The quantitative estimate of drug-likeness (QED) is 0.797. The van der Waals surface area contributed by atoms with E-state index in [-0.39, 0.29) is 11.7 Å². The average Bonchev–Trinajstić information content (AvgIpc) is 2.93. The van der Waals surface area contributed by atoms with Crippen molar-refractivity contribution >= 4 is 28.5 Å². The predicted molar refractivity (Wildman–Crippen MR) is 73.0 cm³/mol. The summed E-state index contributed by atoms with van der Waals surface area (Å²) in [6.45, 7) is 0.869. The molecule has 1 heterocycles. The number of carbonyl (C=O) groups excluding carboxylic acids is 1. The molecule has 1 aromatic rings. The highest BCUT2D eigenvalue weighted by molar-refractivity contribution is 14.1. The third-order valence-corrected chi connectivity index (χ3v) is 4.53. The second-order valence-electron chi connectivity index (χ2n) is 4.95. The van der Waals surface area contributed by atoms with Crippen LogP contribution in [0, 0.1) is 9.49 Å². The highest BCUT2D eigenvalue weighted by Gasteiger charge is 2.40. The van der Waals surface area contributed by atoms with Gasteiger partial charge in [0.15, 0.2) is 0 Å². The molecule has 0 aromatic heterocycles. The van der Waals surface area contributed by atoms with Crippen LogP contribution in [-0.4, -0.2) is 28.5 Å². The zero-order valence-corrected chi connectivity index (χ0v) is 11.6. The van der Waals surface area contributed by atoms with Crippen LogP contribution >= 0.6 is 22.6 Å². The summed E-state index contributed by atoms with van der Waals surface area (Å²) in [7, 11) is 0. The first kappa shape index (κ1) is 11.3. The molecule has 2 aliphatic rings. The van der Waals surface area contributed by atoms with Crippen LogP contribution in [0.25, 0.3) is 0 Å². The molecule has 3 nitrogen and oxygen atoms in total. The number of phenols is 1. The van der Waals surface area contributed by atoms with Gasteiger partial charge in [-0.2, -0.15) is 0 Å². The van der Waals surface area contributed by atoms with Gasteiger partial charge in [-0.3, -0.25) is 4.79 Å². The standard InChI is InChI=1S/C13H14INO2/c14-9-2-4-12(16)11(6-9)13(17)15-7-8-1-3-10(15)5-8/h2,4,6,8,10,16H,1,3,5,7H2. The number of aromatic hydroxyl groups is 1. The Labute approximate surface area is 114 Å². The molecule has 17 heavy (non-hydrogen) atoms. The molecule has 2 unspecified atom stereocenters. The molecule has 1 aliphatic heterocycles. The molecule has 3 rings (SSSR count). The van der Waals surface area contributed by atoms with Crippen LogP contribution in [0.2, 0.25) is 0 Å².